The van der Waals surface area contributed by atoms with Gasteiger partial charge < -0.3 is 11.1 Å². The largest absolute Gasteiger partial charge is 0.368 e. The highest BCUT2D eigenvalue weighted by atomic mass is 32.2. The van der Waals surface area contributed by atoms with Crippen molar-refractivity contribution in [1.82, 2.24) is 5.32 Å². The highest BCUT2D eigenvalue weighted by Crippen LogP contribution is 2.27. The SMILES string of the molecule is Cc1ccc(SCCC(C)(NC2CC2)C(N)=O)cc1C. The average molecular weight is 292 g/mol. The molecule has 1 unspecified atom stereocenters. The standard InChI is InChI=1S/C16H24N2OS/c1-11-4-7-14(10-12(11)2)20-9-8-16(3,15(17)19)18-13-5-6-13/h4,7,10,13,18H,5-6,8-9H2,1-3H3,(H2,17,19). The molecule has 1 atom stereocenters. The number of nitrogens with two attached hydrogens (primary N) is 1. The summed E-state index contributed by atoms with van der Waals surface area (Å²) in [5.74, 6) is 0.645. The number of carbonyl (C=O) groups is 1. The number of hydrogen-bond donors (Lipinski definition) is 2. The van der Waals surface area contributed by atoms with E-state index >= 15 is 0 Å². The molecule has 2 rings (SSSR count). The van der Waals surface area contributed by atoms with Gasteiger partial charge in [0.05, 0.1) is 5.54 Å². The third-order valence-electron chi connectivity index (χ3n) is 3.99. The van der Waals surface area contributed by atoms with E-state index in [1.165, 1.54) is 16.0 Å². The predicted molar refractivity (Wildman–Crippen MR) is 85.0 cm³/mol. The van der Waals surface area contributed by atoms with Crippen LogP contribution in [0, 0.1) is 13.8 Å². The van der Waals surface area contributed by atoms with Crippen LogP contribution in [0.5, 0.6) is 0 Å². The molecule has 4 heteroatoms. The van der Waals surface area contributed by atoms with Crippen molar-refractivity contribution in [2.75, 3.05) is 5.75 Å². The van der Waals surface area contributed by atoms with Crippen molar-refractivity contribution in [3.63, 3.8) is 0 Å². The van der Waals surface area contributed by atoms with E-state index in [0.717, 1.165) is 25.0 Å². The highest BCUT2D eigenvalue weighted by Gasteiger charge is 2.36. The summed E-state index contributed by atoms with van der Waals surface area (Å²) in [5, 5.41) is 3.39. The third-order valence-corrected chi connectivity index (χ3v) is 4.99. The van der Waals surface area contributed by atoms with Crippen molar-refractivity contribution < 1.29 is 4.79 Å². The summed E-state index contributed by atoms with van der Waals surface area (Å²) in [6, 6.07) is 6.98. The van der Waals surface area contributed by atoms with Crippen LogP contribution in [0.3, 0.4) is 0 Å². The lowest BCUT2D eigenvalue weighted by atomic mass is 9.98. The van der Waals surface area contributed by atoms with E-state index in [0.29, 0.717) is 6.04 Å². The summed E-state index contributed by atoms with van der Waals surface area (Å²) in [6.07, 6.45) is 3.08. The van der Waals surface area contributed by atoms with Gasteiger partial charge in [-0.15, -0.1) is 11.8 Å². The first-order valence-corrected chi connectivity index (χ1v) is 8.17. The lowest BCUT2D eigenvalue weighted by molar-refractivity contribution is -0.124. The Hall–Kier alpha value is -1.00. The Bertz CT molecular complexity index is 499. The molecule has 3 N–H and O–H groups in total. The number of primary amides is 1. The molecular formula is C16H24N2OS. The van der Waals surface area contributed by atoms with E-state index in [-0.39, 0.29) is 5.91 Å². The van der Waals surface area contributed by atoms with Crippen molar-refractivity contribution in [3.05, 3.63) is 29.3 Å². The molecule has 0 bridgehead atoms. The molecule has 0 radical (unpaired) electrons. The Labute approximate surface area is 125 Å². The second kappa shape index (κ2) is 6.19. The van der Waals surface area contributed by atoms with Crippen LogP contribution in [0.2, 0.25) is 0 Å². The summed E-state index contributed by atoms with van der Waals surface area (Å²) in [5.41, 5.74) is 7.61. The smallest absolute Gasteiger partial charge is 0.237 e. The normalized spacial score (nSPS) is 17.8. The van der Waals surface area contributed by atoms with Gasteiger partial charge in [-0.3, -0.25) is 4.79 Å². The molecule has 1 aromatic carbocycles. The topological polar surface area (TPSA) is 55.1 Å². The van der Waals surface area contributed by atoms with Gasteiger partial charge in [-0.1, -0.05) is 6.07 Å². The Balaban J connectivity index is 1.89. The van der Waals surface area contributed by atoms with E-state index in [1.807, 2.05) is 6.92 Å². The third kappa shape index (κ3) is 4.00. The zero-order chi connectivity index (χ0) is 14.8. The van der Waals surface area contributed by atoms with Crippen LogP contribution in [-0.2, 0) is 4.79 Å². The van der Waals surface area contributed by atoms with Gasteiger partial charge in [0.2, 0.25) is 5.91 Å². The van der Waals surface area contributed by atoms with Gasteiger partial charge in [0.25, 0.3) is 0 Å². The maximum Gasteiger partial charge on any atom is 0.237 e. The minimum Gasteiger partial charge on any atom is -0.368 e. The maximum atomic E-state index is 11.7. The van der Waals surface area contributed by atoms with E-state index in [2.05, 4.69) is 37.4 Å². The quantitative estimate of drug-likeness (QED) is 0.760. The number of aryl methyl sites for hydroxylation is 2. The molecule has 0 saturated heterocycles. The number of thioether (sulfide) groups is 1. The lowest BCUT2D eigenvalue weighted by Crippen LogP contribution is -2.54. The first kappa shape index (κ1) is 15.4. The summed E-state index contributed by atoms with van der Waals surface area (Å²) in [6.45, 7) is 6.17. The van der Waals surface area contributed by atoms with Crippen molar-refractivity contribution in [1.29, 1.82) is 0 Å². The van der Waals surface area contributed by atoms with Gasteiger partial charge in [-0.2, -0.15) is 0 Å². The Kier molecular flexibility index (Phi) is 4.76. The van der Waals surface area contributed by atoms with E-state index in [1.54, 1.807) is 11.8 Å². The molecular weight excluding hydrogens is 268 g/mol. The van der Waals surface area contributed by atoms with E-state index in [4.69, 9.17) is 5.73 Å². The second-order valence-electron chi connectivity index (χ2n) is 5.96. The molecule has 0 heterocycles. The molecule has 0 spiro atoms. The van der Waals surface area contributed by atoms with Crippen molar-refractivity contribution in [2.24, 2.45) is 5.73 Å². The van der Waals surface area contributed by atoms with Gasteiger partial charge in [0.15, 0.2) is 0 Å². The molecule has 1 saturated carbocycles. The highest BCUT2D eigenvalue weighted by molar-refractivity contribution is 7.99. The van der Waals surface area contributed by atoms with Crippen LogP contribution in [0.15, 0.2) is 23.1 Å². The van der Waals surface area contributed by atoms with Gasteiger partial charge in [0, 0.05) is 16.7 Å². The average Bonchev–Trinajstić information content (AvgIpc) is 3.17. The minimum absolute atomic E-state index is 0.245. The summed E-state index contributed by atoms with van der Waals surface area (Å²) in [4.78, 5) is 12.9. The van der Waals surface area contributed by atoms with Crippen LogP contribution in [0.1, 0.15) is 37.3 Å². The van der Waals surface area contributed by atoms with Gasteiger partial charge in [-0.25, -0.2) is 0 Å². The lowest BCUT2D eigenvalue weighted by Gasteiger charge is -2.27. The zero-order valence-corrected chi connectivity index (χ0v) is 13.3. The molecule has 110 valence electrons. The molecule has 1 aliphatic rings. The Morgan fingerprint density at radius 1 is 1.40 bits per heavy atom. The van der Waals surface area contributed by atoms with Gasteiger partial charge >= 0.3 is 0 Å². The number of rotatable bonds is 7. The first-order chi connectivity index (χ1) is 9.40. The number of carbonyl (C=O) groups excluding carboxylic acids is 1. The summed E-state index contributed by atoms with van der Waals surface area (Å²) < 4.78 is 0. The van der Waals surface area contributed by atoms with Crippen LogP contribution < -0.4 is 11.1 Å². The molecule has 1 aliphatic carbocycles. The molecule has 1 aromatic rings. The van der Waals surface area contributed by atoms with Gasteiger partial charge in [0.1, 0.15) is 0 Å². The van der Waals surface area contributed by atoms with Gasteiger partial charge in [-0.05, 0) is 63.3 Å². The van der Waals surface area contributed by atoms with Crippen LogP contribution in [0.25, 0.3) is 0 Å². The maximum absolute atomic E-state index is 11.7. The first-order valence-electron chi connectivity index (χ1n) is 7.18. The van der Waals surface area contributed by atoms with E-state index in [9.17, 15) is 4.79 Å². The molecule has 0 aromatic heterocycles. The fourth-order valence-electron chi connectivity index (χ4n) is 2.12. The van der Waals surface area contributed by atoms with Crippen molar-refractivity contribution >= 4 is 17.7 Å². The number of benzene rings is 1. The second-order valence-corrected chi connectivity index (χ2v) is 7.13. The fourth-order valence-corrected chi connectivity index (χ4v) is 3.29. The molecule has 1 amide bonds. The molecule has 0 aliphatic heterocycles. The molecule has 3 nitrogen and oxygen atoms in total. The number of hydrogen-bond acceptors (Lipinski definition) is 3. The molecule has 20 heavy (non-hydrogen) atoms. The zero-order valence-electron chi connectivity index (χ0n) is 12.5. The van der Waals surface area contributed by atoms with Crippen LogP contribution >= 0.6 is 11.8 Å². The van der Waals surface area contributed by atoms with Crippen molar-refractivity contribution in [2.45, 2.75) is 56.5 Å². The monoisotopic (exact) mass is 292 g/mol. The van der Waals surface area contributed by atoms with E-state index < -0.39 is 5.54 Å². The minimum atomic E-state index is -0.575. The Morgan fingerprint density at radius 2 is 2.10 bits per heavy atom. The Morgan fingerprint density at radius 3 is 2.65 bits per heavy atom. The predicted octanol–water partition coefficient (Wildman–Crippen LogP) is 2.78. The number of nitrogens with one attached hydrogen (secondary N) is 1. The summed E-state index contributed by atoms with van der Waals surface area (Å²) in [7, 11) is 0. The van der Waals surface area contributed by atoms with Crippen molar-refractivity contribution in [3.8, 4) is 0 Å². The van der Waals surface area contributed by atoms with Crippen LogP contribution in [-0.4, -0.2) is 23.2 Å². The fraction of sp³-hybridized carbons (Fsp3) is 0.562. The summed E-state index contributed by atoms with van der Waals surface area (Å²) >= 11 is 1.79. The number of amides is 1. The molecule has 1 fully saturated rings. The van der Waals surface area contributed by atoms with Crippen LogP contribution in [0.4, 0.5) is 0 Å².